The maximum atomic E-state index is 13.9. The van der Waals surface area contributed by atoms with E-state index in [0.29, 0.717) is 10.6 Å². The molecule has 0 saturated heterocycles. The summed E-state index contributed by atoms with van der Waals surface area (Å²) in [6.45, 7) is 0. The standard InChI is InChI=1S/C19H11ClF4N4O/c20-12-5-1-10(2-6-12)15-14(16(29)11-3-7-13(21)8-4-11)17(19(22,23)24)27-18-25-9-26-28(15)18/h1-9,15H,(H,25,26,27). The van der Waals surface area contributed by atoms with Gasteiger partial charge in [0.05, 0.1) is 5.57 Å². The Bertz CT molecular complexity index is 1100. The molecule has 5 nitrogen and oxygen atoms in total. The van der Waals surface area contributed by atoms with Gasteiger partial charge in [0, 0.05) is 10.6 Å². The summed E-state index contributed by atoms with van der Waals surface area (Å²) in [4.78, 5) is 17.0. The average molecular weight is 423 g/mol. The van der Waals surface area contributed by atoms with E-state index in [9.17, 15) is 22.4 Å². The second-order valence-electron chi connectivity index (χ2n) is 6.23. The van der Waals surface area contributed by atoms with Crippen LogP contribution in [-0.4, -0.2) is 26.7 Å². The van der Waals surface area contributed by atoms with E-state index in [1.165, 1.54) is 28.9 Å². The highest BCUT2D eigenvalue weighted by Gasteiger charge is 2.45. The lowest BCUT2D eigenvalue weighted by Gasteiger charge is -2.30. The molecule has 0 fully saturated rings. The van der Waals surface area contributed by atoms with Crippen molar-refractivity contribution in [1.29, 1.82) is 0 Å². The van der Waals surface area contributed by atoms with Crippen molar-refractivity contribution in [3.05, 3.63) is 88.1 Å². The van der Waals surface area contributed by atoms with Crippen LogP contribution in [-0.2, 0) is 0 Å². The number of alkyl halides is 3. The van der Waals surface area contributed by atoms with Gasteiger partial charge in [-0.3, -0.25) is 4.79 Å². The molecule has 3 aromatic rings. The molecule has 0 bridgehead atoms. The highest BCUT2D eigenvalue weighted by atomic mass is 35.5. The van der Waals surface area contributed by atoms with Gasteiger partial charge in [0.15, 0.2) is 5.78 Å². The van der Waals surface area contributed by atoms with Crippen LogP contribution in [0, 0.1) is 5.82 Å². The summed E-state index contributed by atoms with van der Waals surface area (Å²) in [5, 5.41) is 6.54. The van der Waals surface area contributed by atoms with Crippen LogP contribution in [0.15, 0.2) is 66.1 Å². The van der Waals surface area contributed by atoms with Crippen molar-refractivity contribution in [1.82, 2.24) is 14.8 Å². The molecule has 148 valence electrons. The van der Waals surface area contributed by atoms with Crippen LogP contribution < -0.4 is 5.32 Å². The topological polar surface area (TPSA) is 59.8 Å². The second-order valence-corrected chi connectivity index (χ2v) is 6.67. The van der Waals surface area contributed by atoms with Crippen LogP contribution in [0.2, 0.25) is 5.02 Å². The summed E-state index contributed by atoms with van der Waals surface area (Å²) < 4.78 is 56.1. The maximum Gasteiger partial charge on any atom is 0.431 e. The van der Waals surface area contributed by atoms with Gasteiger partial charge in [-0.05, 0) is 42.0 Å². The summed E-state index contributed by atoms with van der Waals surface area (Å²) in [7, 11) is 0. The van der Waals surface area contributed by atoms with Crippen LogP contribution in [0.25, 0.3) is 0 Å². The molecular formula is C19H11ClF4N4O. The molecule has 1 N–H and O–H groups in total. The van der Waals surface area contributed by atoms with Gasteiger partial charge in [-0.2, -0.15) is 23.3 Å². The lowest BCUT2D eigenvalue weighted by atomic mass is 9.89. The van der Waals surface area contributed by atoms with Crippen molar-refractivity contribution in [3.63, 3.8) is 0 Å². The number of allylic oxidation sites excluding steroid dienone is 2. The van der Waals surface area contributed by atoms with Gasteiger partial charge in [-0.15, -0.1) is 0 Å². The Balaban J connectivity index is 1.96. The van der Waals surface area contributed by atoms with Crippen molar-refractivity contribution in [3.8, 4) is 0 Å². The molecule has 1 unspecified atom stereocenters. The average Bonchev–Trinajstić information content (AvgIpc) is 3.15. The quantitative estimate of drug-likeness (QED) is 0.487. The Morgan fingerprint density at radius 3 is 2.34 bits per heavy atom. The molecule has 1 atom stereocenters. The highest BCUT2D eigenvalue weighted by molar-refractivity contribution is 6.30. The Morgan fingerprint density at radius 1 is 1.07 bits per heavy atom. The first-order valence-electron chi connectivity index (χ1n) is 8.29. The number of aromatic nitrogens is 3. The minimum Gasteiger partial charge on any atom is -0.320 e. The van der Waals surface area contributed by atoms with E-state index in [2.05, 4.69) is 15.4 Å². The molecule has 1 aromatic heterocycles. The van der Waals surface area contributed by atoms with Crippen LogP contribution in [0.4, 0.5) is 23.5 Å². The molecule has 0 radical (unpaired) electrons. The number of carbonyl (C=O) groups excluding carboxylic acids is 1. The summed E-state index contributed by atoms with van der Waals surface area (Å²) in [5.74, 6) is -1.68. The van der Waals surface area contributed by atoms with Gasteiger partial charge in [-0.1, -0.05) is 23.7 Å². The van der Waals surface area contributed by atoms with Gasteiger partial charge >= 0.3 is 6.18 Å². The fourth-order valence-electron chi connectivity index (χ4n) is 3.14. The first-order chi connectivity index (χ1) is 13.8. The Labute approximate surface area is 166 Å². The van der Waals surface area contributed by atoms with Crippen LogP contribution in [0.5, 0.6) is 0 Å². The predicted molar refractivity (Wildman–Crippen MR) is 97.0 cm³/mol. The van der Waals surface area contributed by atoms with E-state index >= 15 is 0 Å². The third-order valence-electron chi connectivity index (χ3n) is 4.42. The van der Waals surface area contributed by atoms with Crippen molar-refractivity contribution in [2.24, 2.45) is 0 Å². The monoisotopic (exact) mass is 422 g/mol. The third-order valence-corrected chi connectivity index (χ3v) is 4.67. The number of ketones is 1. The number of nitrogens with zero attached hydrogens (tertiary/aromatic N) is 3. The number of fused-ring (bicyclic) bond motifs is 1. The van der Waals surface area contributed by atoms with E-state index < -0.39 is 35.1 Å². The fourth-order valence-corrected chi connectivity index (χ4v) is 3.26. The number of benzene rings is 2. The van der Waals surface area contributed by atoms with Crippen LogP contribution >= 0.6 is 11.6 Å². The Kier molecular flexibility index (Phi) is 4.62. The number of rotatable bonds is 3. The van der Waals surface area contributed by atoms with Crippen LogP contribution in [0.1, 0.15) is 22.0 Å². The van der Waals surface area contributed by atoms with Gasteiger partial charge in [-0.25, -0.2) is 9.07 Å². The summed E-state index contributed by atoms with van der Waals surface area (Å²) >= 11 is 5.90. The maximum absolute atomic E-state index is 13.9. The molecule has 0 amide bonds. The van der Waals surface area contributed by atoms with Gasteiger partial charge in [0.25, 0.3) is 0 Å². The molecule has 0 spiro atoms. The minimum atomic E-state index is -4.87. The SMILES string of the molecule is O=C(C1=C(C(F)(F)F)Nc2ncnn2C1c1ccc(Cl)cc1)c1ccc(F)cc1. The molecule has 4 rings (SSSR count). The molecule has 1 aliphatic rings. The zero-order valence-corrected chi connectivity index (χ0v) is 15.2. The Hall–Kier alpha value is -3.20. The second kappa shape index (κ2) is 7.00. The number of halogens is 5. The number of nitrogens with one attached hydrogen (secondary N) is 1. The van der Waals surface area contributed by atoms with Crippen molar-refractivity contribution in [2.45, 2.75) is 12.2 Å². The first-order valence-corrected chi connectivity index (χ1v) is 8.67. The van der Waals surface area contributed by atoms with Gasteiger partial charge in [0.1, 0.15) is 23.9 Å². The van der Waals surface area contributed by atoms with Crippen molar-refractivity contribution >= 4 is 23.3 Å². The molecule has 1 aliphatic heterocycles. The first kappa shape index (κ1) is 19.1. The minimum absolute atomic E-state index is 0.0903. The normalized spacial score (nSPS) is 16.4. The van der Waals surface area contributed by atoms with Gasteiger partial charge < -0.3 is 5.32 Å². The molecule has 10 heteroatoms. The zero-order valence-electron chi connectivity index (χ0n) is 14.4. The predicted octanol–water partition coefficient (Wildman–Crippen LogP) is 4.78. The van der Waals surface area contributed by atoms with E-state index in [-0.39, 0.29) is 11.5 Å². The zero-order chi connectivity index (χ0) is 20.8. The number of hydrogen-bond acceptors (Lipinski definition) is 4. The number of hydrogen-bond donors (Lipinski definition) is 1. The largest absolute Gasteiger partial charge is 0.431 e. The lowest BCUT2D eigenvalue weighted by molar-refractivity contribution is -0.0918. The fraction of sp³-hybridized carbons (Fsp3) is 0.105. The number of Topliss-reactive ketones (excluding diaryl/α,β-unsaturated/α-hetero) is 1. The van der Waals surface area contributed by atoms with Crippen molar-refractivity contribution < 1.29 is 22.4 Å². The van der Waals surface area contributed by atoms with E-state index in [4.69, 9.17) is 11.6 Å². The van der Waals surface area contributed by atoms with E-state index in [1.54, 1.807) is 0 Å². The van der Waals surface area contributed by atoms with E-state index in [0.717, 1.165) is 30.6 Å². The molecule has 2 heterocycles. The molecule has 0 saturated carbocycles. The molecule has 29 heavy (non-hydrogen) atoms. The highest BCUT2D eigenvalue weighted by Crippen LogP contribution is 2.42. The van der Waals surface area contributed by atoms with Crippen molar-refractivity contribution in [2.75, 3.05) is 5.32 Å². The molecule has 2 aromatic carbocycles. The summed E-state index contributed by atoms with van der Waals surface area (Å²) in [5.41, 5.74) is -1.56. The summed E-state index contributed by atoms with van der Waals surface area (Å²) in [6.07, 6.45) is -3.78. The third kappa shape index (κ3) is 3.49. The smallest absolute Gasteiger partial charge is 0.320 e. The Morgan fingerprint density at radius 2 is 1.72 bits per heavy atom. The summed E-state index contributed by atoms with van der Waals surface area (Å²) in [6, 6.07) is 9.10. The van der Waals surface area contributed by atoms with Crippen LogP contribution in [0.3, 0.4) is 0 Å². The number of carbonyl (C=O) groups is 1. The number of anilines is 1. The van der Waals surface area contributed by atoms with Gasteiger partial charge in [0.2, 0.25) is 5.95 Å². The van der Waals surface area contributed by atoms with E-state index in [1.807, 2.05) is 0 Å². The molecular weight excluding hydrogens is 412 g/mol. The lowest BCUT2D eigenvalue weighted by Crippen LogP contribution is -2.35. The molecule has 0 aliphatic carbocycles.